The van der Waals surface area contributed by atoms with Crippen molar-refractivity contribution in [1.29, 1.82) is 5.41 Å². The van der Waals surface area contributed by atoms with Crippen LogP contribution >= 0.6 is 23.2 Å². The van der Waals surface area contributed by atoms with E-state index in [2.05, 4.69) is 10.3 Å². The number of hydrogen-bond donors (Lipinski definition) is 4. The fourth-order valence-electron chi connectivity index (χ4n) is 2.74. The number of aromatic hydroxyl groups is 1. The molecule has 152 valence electrons. The first-order chi connectivity index (χ1) is 14.2. The van der Waals surface area contributed by atoms with Crippen LogP contribution in [0.3, 0.4) is 0 Å². The molecule has 0 spiro atoms. The Bertz CT molecular complexity index is 1130. The number of nitrogens with two attached hydrogens (primary N) is 1. The lowest BCUT2D eigenvalue weighted by Crippen LogP contribution is -2.17. The van der Waals surface area contributed by atoms with Gasteiger partial charge in [-0.25, -0.2) is 4.98 Å². The van der Waals surface area contributed by atoms with Crippen LogP contribution in [0.25, 0.3) is 0 Å². The molecular formula is C21H16Cl2N4O3. The van der Waals surface area contributed by atoms with Crippen molar-refractivity contribution in [1.82, 2.24) is 4.98 Å². The first-order valence-corrected chi connectivity index (χ1v) is 9.42. The Kier molecular flexibility index (Phi) is 6.34. The van der Waals surface area contributed by atoms with Gasteiger partial charge in [0.15, 0.2) is 5.78 Å². The zero-order valence-electron chi connectivity index (χ0n) is 15.4. The van der Waals surface area contributed by atoms with Gasteiger partial charge in [-0.05, 0) is 24.3 Å². The average Bonchev–Trinajstić information content (AvgIpc) is 2.71. The molecule has 0 bridgehead atoms. The van der Waals surface area contributed by atoms with Gasteiger partial charge < -0.3 is 16.2 Å². The van der Waals surface area contributed by atoms with Crippen LogP contribution in [0.4, 0.5) is 5.82 Å². The Morgan fingerprint density at radius 1 is 1.03 bits per heavy atom. The Labute approximate surface area is 182 Å². The van der Waals surface area contributed by atoms with E-state index in [0.29, 0.717) is 16.1 Å². The summed E-state index contributed by atoms with van der Waals surface area (Å²) in [6.45, 7) is 0. The van der Waals surface area contributed by atoms with E-state index in [9.17, 15) is 14.7 Å². The number of pyridine rings is 1. The van der Waals surface area contributed by atoms with E-state index in [1.165, 1.54) is 36.5 Å². The third kappa shape index (κ3) is 4.94. The molecule has 0 saturated carbocycles. The van der Waals surface area contributed by atoms with Gasteiger partial charge in [-0.3, -0.25) is 15.0 Å². The highest BCUT2D eigenvalue weighted by atomic mass is 35.5. The molecule has 1 amide bonds. The number of phenolic OH excluding ortho intramolecular Hbond substituents is 1. The lowest BCUT2D eigenvalue weighted by molar-refractivity contribution is 0.0991. The number of carbonyl (C=O) groups excluding carboxylic acids is 2. The summed E-state index contributed by atoms with van der Waals surface area (Å²) in [6, 6.07) is 11.9. The fraction of sp³-hybridized carbons (Fsp3) is 0.0476. The Balaban J connectivity index is 1.88. The molecule has 9 heteroatoms. The van der Waals surface area contributed by atoms with Crippen molar-refractivity contribution in [2.45, 2.75) is 6.42 Å². The number of nitrogen functional groups attached to an aromatic ring is 1. The maximum Gasteiger partial charge on any atom is 0.257 e. The van der Waals surface area contributed by atoms with Crippen LogP contribution in [-0.2, 0) is 6.42 Å². The number of Topliss-reactive ketones (excluding diaryl/α,β-unsaturated/α-hetero) is 1. The summed E-state index contributed by atoms with van der Waals surface area (Å²) < 4.78 is 0. The van der Waals surface area contributed by atoms with Crippen molar-refractivity contribution in [3.05, 3.63) is 87.0 Å². The predicted octanol–water partition coefficient (Wildman–Crippen LogP) is 4.06. The van der Waals surface area contributed by atoms with Gasteiger partial charge in [0, 0.05) is 39.9 Å². The van der Waals surface area contributed by atoms with Crippen LogP contribution in [0.15, 0.2) is 54.7 Å². The molecule has 0 atom stereocenters. The van der Waals surface area contributed by atoms with E-state index < -0.39 is 5.91 Å². The third-order valence-electron chi connectivity index (χ3n) is 4.26. The largest absolute Gasteiger partial charge is 0.508 e. The number of phenols is 1. The fourth-order valence-corrected chi connectivity index (χ4v) is 3.07. The van der Waals surface area contributed by atoms with Crippen LogP contribution in [0.5, 0.6) is 5.75 Å². The SMILES string of the molecule is N=C(N)c1ccc(C(=O)Cc2c(O)cc(Cl)cc2C(=O)Nc2ccc(Cl)cn2)cc1. The normalized spacial score (nSPS) is 10.5. The monoisotopic (exact) mass is 442 g/mol. The number of nitrogens with zero attached hydrogens (tertiary/aromatic N) is 1. The Morgan fingerprint density at radius 3 is 2.30 bits per heavy atom. The van der Waals surface area contributed by atoms with E-state index in [1.54, 1.807) is 18.2 Å². The molecule has 0 aliphatic heterocycles. The van der Waals surface area contributed by atoms with Crippen LogP contribution < -0.4 is 11.1 Å². The van der Waals surface area contributed by atoms with Crippen LogP contribution in [-0.4, -0.2) is 27.6 Å². The minimum absolute atomic E-state index is 0.0467. The molecule has 0 aliphatic carbocycles. The van der Waals surface area contributed by atoms with Crippen molar-refractivity contribution < 1.29 is 14.7 Å². The second-order valence-corrected chi connectivity index (χ2v) is 7.23. The molecular weight excluding hydrogens is 427 g/mol. The molecule has 3 rings (SSSR count). The number of anilines is 1. The molecule has 2 aromatic carbocycles. The zero-order chi connectivity index (χ0) is 21.8. The third-order valence-corrected chi connectivity index (χ3v) is 4.70. The predicted molar refractivity (Wildman–Crippen MR) is 116 cm³/mol. The summed E-state index contributed by atoms with van der Waals surface area (Å²) in [5.41, 5.74) is 6.43. The number of amides is 1. The molecule has 7 nitrogen and oxygen atoms in total. The highest BCUT2D eigenvalue weighted by Crippen LogP contribution is 2.28. The van der Waals surface area contributed by atoms with Crippen molar-refractivity contribution >= 4 is 46.5 Å². The second kappa shape index (κ2) is 8.94. The minimum atomic E-state index is -0.586. The highest BCUT2D eigenvalue weighted by molar-refractivity contribution is 6.31. The quantitative estimate of drug-likeness (QED) is 0.260. The Hall–Kier alpha value is -3.42. The summed E-state index contributed by atoms with van der Waals surface area (Å²) in [5.74, 6) is -1.05. The number of ketones is 1. The molecule has 1 aromatic heterocycles. The van der Waals surface area contributed by atoms with Crippen LogP contribution in [0.2, 0.25) is 10.0 Å². The van der Waals surface area contributed by atoms with Gasteiger partial charge in [0.25, 0.3) is 5.91 Å². The zero-order valence-corrected chi connectivity index (χ0v) is 17.0. The topological polar surface area (TPSA) is 129 Å². The van der Waals surface area contributed by atoms with Crippen LogP contribution in [0.1, 0.15) is 31.8 Å². The minimum Gasteiger partial charge on any atom is -0.508 e. The molecule has 3 aromatic rings. The van der Waals surface area contributed by atoms with Crippen molar-refractivity contribution in [2.75, 3.05) is 5.32 Å². The standard InChI is InChI=1S/C21H16Cl2N4O3/c22-13-5-6-19(26-10-13)27-21(30)16-7-14(23)8-18(29)15(16)9-17(28)11-1-3-12(4-2-11)20(24)25/h1-8,10,29H,9H2,(H3,24,25)(H,26,27,30). The van der Waals surface area contributed by atoms with Crippen molar-refractivity contribution in [3.63, 3.8) is 0 Å². The number of carbonyl (C=O) groups is 2. The van der Waals surface area contributed by atoms with Gasteiger partial charge in [0.2, 0.25) is 0 Å². The maximum atomic E-state index is 12.8. The van der Waals surface area contributed by atoms with E-state index in [-0.39, 0.29) is 45.8 Å². The van der Waals surface area contributed by atoms with Gasteiger partial charge in [-0.15, -0.1) is 0 Å². The molecule has 0 fully saturated rings. The maximum absolute atomic E-state index is 12.8. The van der Waals surface area contributed by atoms with Gasteiger partial charge in [0.05, 0.1) is 5.02 Å². The van der Waals surface area contributed by atoms with Gasteiger partial charge >= 0.3 is 0 Å². The number of benzene rings is 2. The summed E-state index contributed by atoms with van der Waals surface area (Å²) in [6.07, 6.45) is 1.14. The molecule has 30 heavy (non-hydrogen) atoms. The lowest BCUT2D eigenvalue weighted by atomic mass is 9.96. The molecule has 0 saturated heterocycles. The number of amidine groups is 1. The summed E-state index contributed by atoms with van der Waals surface area (Å²) in [7, 11) is 0. The number of rotatable bonds is 6. The van der Waals surface area contributed by atoms with E-state index in [4.69, 9.17) is 34.3 Å². The van der Waals surface area contributed by atoms with Crippen molar-refractivity contribution in [3.8, 4) is 5.75 Å². The summed E-state index contributed by atoms with van der Waals surface area (Å²) in [5, 5.41) is 20.9. The first-order valence-electron chi connectivity index (χ1n) is 8.66. The van der Waals surface area contributed by atoms with E-state index >= 15 is 0 Å². The number of halogens is 2. The number of aromatic nitrogens is 1. The molecule has 5 N–H and O–H groups in total. The number of hydrogen-bond acceptors (Lipinski definition) is 5. The Morgan fingerprint density at radius 2 is 1.70 bits per heavy atom. The number of nitrogens with one attached hydrogen (secondary N) is 2. The summed E-state index contributed by atoms with van der Waals surface area (Å²) >= 11 is 11.8. The molecule has 1 heterocycles. The van der Waals surface area contributed by atoms with Gasteiger partial charge in [-0.2, -0.15) is 0 Å². The van der Waals surface area contributed by atoms with Gasteiger partial charge in [0.1, 0.15) is 17.4 Å². The summed E-state index contributed by atoms with van der Waals surface area (Å²) in [4.78, 5) is 29.5. The molecule has 0 unspecified atom stereocenters. The van der Waals surface area contributed by atoms with E-state index in [1.807, 2.05) is 0 Å². The molecule has 0 aliphatic rings. The van der Waals surface area contributed by atoms with E-state index in [0.717, 1.165) is 0 Å². The van der Waals surface area contributed by atoms with Crippen LogP contribution in [0, 0.1) is 5.41 Å². The first kappa shape index (κ1) is 21.3. The van der Waals surface area contributed by atoms with Crippen molar-refractivity contribution in [2.24, 2.45) is 5.73 Å². The molecule has 0 radical (unpaired) electrons. The lowest BCUT2D eigenvalue weighted by Gasteiger charge is -2.12. The smallest absolute Gasteiger partial charge is 0.257 e. The van der Waals surface area contributed by atoms with Gasteiger partial charge in [-0.1, -0.05) is 47.5 Å². The highest BCUT2D eigenvalue weighted by Gasteiger charge is 2.20. The second-order valence-electron chi connectivity index (χ2n) is 6.36. The average molecular weight is 443 g/mol.